The molecule has 0 fully saturated rings. The van der Waals surface area contributed by atoms with E-state index in [1.54, 1.807) is 12.1 Å². The minimum atomic E-state index is -0.345. The maximum Gasteiger partial charge on any atom is 0.319 e. The molecule has 2 rings (SSSR count). The van der Waals surface area contributed by atoms with Crippen LogP contribution >= 0.6 is 0 Å². The van der Waals surface area contributed by atoms with E-state index < -0.39 is 0 Å². The van der Waals surface area contributed by atoms with Crippen LogP contribution in [-0.4, -0.2) is 18.5 Å². The molecule has 0 saturated heterocycles. The van der Waals surface area contributed by atoms with Crippen molar-refractivity contribution in [1.29, 1.82) is 0 Å². The third-order valence-electron chi connectivity index (χ3n) is 3.30. The van der Waals surface area contributed by atoms with Gasteiger partial charge in [0.05, 0.1) is 6.42 Å². The number of esters is 1. The molecule has 0 radical (unpaired) electrons. The number of carbonyl (C=O) groups excluding carboxylic acids is 2. The van der Waals surface area contributed by atoms with Gasteiger partial charge in [0.25, 0.3) is 0 Å². The summed E-state index contributed by atoms with van der Waals surface area (Å²) < 4.78 is 5.20. The molecule has 5 nitrogen and oxygen atoms in total. The Balaban J connectivity index is 1.65. The Labute approximate surface area is 135 Å². The van der Waals surface area contributed by atoms with Crippen molar-refractivity contribution in [3.8, 4) is 0 Å². The van der Waals surface area contributed by atoms with Gasteiger partial charge in [-0.3, -0.25) is 4.79 Å². The van der Waals surface area contributed by atoms with E-state index >= 15 is 0 Å². The third-order valence-corrected chi connectivity index (χ3v) is 3.30. The highest BCUT2D eigenvalue weighted by Crippen LogP contribution is 2.08. The maximum atomic E-state index is 11.7. The van der Waals surface area contributed by atoms with Gasteiger partial charge in [0.2, 0.25) is 0 Å². The van der Waals surface area contributed by atoms with Gasteiger partial charge < -0.3 is 15.4 Å². The quantitative estimate of drug-likeness (QED) is 0.805. The molecule has 0 saturated carbocycles. The number of hydrogen-bond acceptors (Lipinski definition) is 3. The predicted octanol–water partition coefficient (Wildman–Crippen LogP) is 3.25. The first-order valence-electron chi connectivity index (χ1n) is 7.45. The maximum absolute atomic E-state index is 11.7. The van der Waals surface area contributed by atoms with Crippen molar-refractivity contribution < 1.29 is 14.3 Å². The lowest BCUT2D eigenvalue weighted by Crippen LogP contribution is -2.30. The fraction of sp³-hybridized carbons (Fsp3) is 0.222. The predicted molar refractivity (Wildman–Crippen MR) is 89.1 cm³/mol. The summed E-state index contributed by atoms with van der Waals surface area (Å²) in [7, 11) is 0. The lowest BCUT2D eigenvalue weighted by Gasteiger charge is -2.09. The molecule has 0 bridgehead atoms. The molecule has 0 aliphatic carbocycles. The van der Waals surface area contributed by atoms with Crippen LogP contribution in [0.15, 0.2) is 54.6 Å². The zero-order chi connectivity index (χ0) is 16.5. The van der Waals surface area contributed by atoms with Crippen LogP contribution in [0.3, 0.4) is 0 Å². The molecule has 0 aliphatic rings. The highest BCUT2D eigenvalue weighted by atomic mass is 16.5. The average molecular weight is 312 g/mol. The molecule has 0 aromatic heterocycles. The van der Waals surface area contributed by atoms with E-state index in [-0.39, 0.29) is 31.6 Å². The third kappa shape index (κ3) is 5.82. The molecular weight excluding hydrogens is 292 g/mol. The van der Waals surface area contributed by atoms with Crippen molar-refractivity contribution in [2.45, 2.75) is 20.0 Å². The average Bonchev–Trinajstić information content (AvgIpc) is 2.55. The van der Waals surface area contributed by atoms with Crippen LogP contribution in [0, 0.1) is 6.92 Å². The lowest BCUT2D eigenvalue weighted by atomic mass is 10.1. The lowest BCUT2D eigenvalue weighted by molar-refractivity contribution is -0.144. The van der Waals surface area contributed by atoms with Gasteiger partial charge in [0.1, 0.15) is 6.61 Å². The summed E-state index contributed by atoms with van der Waals surface area (Å²) in [6.45, 7) is 2.45. The number of carbonyl (C=O) groups is 2. The second-order valence-corrected chi connectivity index (χ2v) is 5.08. The van der Waals surface area contributed by atoms with E-state index in [9.17, 15) is 9.59 Å². The fourth-order valence-corrected chi connectivity index (χ4v) is 1.98. The smallest absolute Gasteiger partial charge is 0.319 e. The van der Waals surface area contributed by atoms with E-state index in [1.165, 1.54) is 0 Å². The Morgan fingerprint density at radius 2 is 1.70 bits per heavy atom. The van der Waals surface area contributed by atoms with E-state index in [0.717, 1.165) is 11.1 Å². The van der Waals surface area contributed by atoms with Crippen molar-refractivity contribution >= 4 is 17.7 Å². The van der Waals surface area contributed by atoms with Crippen molar-refractivity contribution in [2.75, 3.05) is 11.9 Å². The Bertz CT molecular complexity index is 656. The Kier molecular flexibility index (Phi) is 6.17. The van der Waals surface area contributed by atoms with E-state index in [1.807, 2.05) is 49.4 Å². The van der Waals surface area contributed by atoms with Crippen LogP contribution in [0.2, 0.25) is 0 Å². The molecule has 0 unspecified atom stereocenters. The number of benzene rings is 2. The topological polar surface area (TPSA) is 67.4 Å². The van der Waals surface area contributed by atoms with Crippen LogP contribution < -0.4 is 10.6 Å². The van der Waals surface area contributed by atoms with E-state index in [4.69, 9.17) is 4.74 Å². The van der Waals surface area contributed by atoms with Gasteiger partial charge >= 0.3 is 12.0 Å². The highest BCUT2D eigenvalue weighted by Gasteiger charge is 2.06. The molecule has 5 heteroatoms. The van der Waals surface area contributed by atoms with Gasteiger partial charge in [0, 0.05) is 12.2 Å². The van der Waals surface area contributed by atoms with Crippen molar-refractivity contribution in [3.63, 3.8) is 0 Å². The summed E-state index contributed by atoms with van der Waals surface area (Å²) >= 11 is 0. The summed E-state index contributed by atoms with van der Waals surface area (Å²) in [5.41, 5.74) is 2.77. The number of amides is 2. The van der Waals surface area contributed by atoms with Crippen molar-refractivity contribution in [3.05, 3.63) is 65.7 Å². The summed E-state index contributed by atoms with van der Waals surface area (Å²) in [5, 5.41) is 5.30. The number of aryl methyl sites for hydroxylation is 1. The van der Waals surface area contributed by atoms with Gasteiger partial charge in [0.15, 0.2) is 0 Å². The monoisotopic (exact) mass is 312 g/mol. The molecule has 2 aromatic rings. The number of nitrogens with one attached hydrogen (secondary N) is 2. The molecule has 0 aliphatic heterocycles. The second kappa shape index (κ2) is 8.58. The normalized spacial score (nSPS) is 9.96. The van der Waals surface area contributed by atoms with Crippen LogP contribution in [0.4, 0.5) is 10.5 Å². The van der Waals surface area contributed by atoms with E-state index in [0.29, 0.717) is 5.69 Å². The first-order chi connectivity index (χ1) is 11.1. The number of ether oxygens (including phenoxy) is 1. The standard InChI is InChI=1S/C18H20N2O3/c1-14-7-5-6-8-15(14)13-23-17(21)11-12-19-18(22)20-16-9-3-2-4-10-16/h2-10H,11-13H2,1H3,(H2,19,20,22). The van der Waals surface area contributed by atoms with Crippen LogP contribution in [-0.2, 0) is 16.1 Å². The zero-order valence-electron chi connectivity index (χ0n) is 13.0. The zero-order valence-corrected chi connectivity index (χ0v) is 13.0. The van der Waals surface area contributed by atoms with Gasteiger partial charge in [-0.15, -0.1) is 0 Å². The Morgan fingerprint density at radius 1 is 1.00 bits per heavy atom. The molecular formula is C18H20N2O3. The second-order valence-electron chi connectivity index (χ2n) is 5.08. The summed E-state index contributed by atoms with van der Waals surface area (Å²) in [4.78, 5) is 23.3. The molecule has 120 valence electrons. The molecule has 0 spiro atoms. The van der Waals surface area contributed by atoms with Crippen molar-refractivity contribution in [1.82, 2.24) is 5.32 Å². The van der Waals surface area contributed by atoms with Crippen molar-refractivity contribution in [2.24, 2.45) is 0 Å². The molecule has 0 atom stereocenters. The summed E-state index contributed by atoms with van der Waals surface area (Å²) in [5.74, 6) is -0.340. The number of anilines is 1. The largest absolute Gasteiger partial charge is 0.461 e. The van der Waals surface area contributed by atoms with Crippen LogP contribution in [0.1, 0.15) is 17.5 Å². The fourth-order valence-electron chi connectivity index (χ4n) is 1.98. The van der Waals surface area contributed by atoms with Gasteiger partial charge in [-0.05, 0) is 30.2 Å². The molecule has 2 N–H and O–H groups in total. The number of para-hydroxylation sites is 1. The summed E-state index contributed by atoms with van der Waals surface area (Å²) in [6.07, 6.45) is 0.133. The molecule has 2 amide bonds. The van der Waals surface area contributed by atoms with Gasteiger partial charge in [-0.25, -0.2) is 4.79 Å². The van der Waals surface area contributed by atoms with Gasteiger partial charge in [-0.2, -0.15) is 0 Å². The Morgan fingerprint density at radius 3 is 2.43 bits per heavy atom. The summed E-state index contributed by atoms with van der Waals surface area (Å²) in [6, 6.07) is 16.5. The van der Waals surface area contributed by atoms with Crippen LogP contribution in [0.5, 0.6) is 0 Å². The first kappa shape index (κ1) is 16.5. The number of hydrogen-bond donors (Lipinski definition) is 2. The first-order valence-corrected chi connectivity index (χ1v) is 7.45. The SMILES string of the molecule is Cc1ccccc1COC(=O)CCNC(=O)Nc1ccccc1. The Hall–Kier alpha value is -2.82. The highest BCUT2D eigenvalue weighted by molar-refractivity contribution is 5.89. The molecule has 2 aromatic carbocycles. The number of rotatable bonds is 6. The molecule has 0 heterocycles. The minimum absolute atomic E-state index is 0.133. The number of urea groups is 1. The van der Waals surface area contributed by atoms with E-state index in [2.05, 4.69) is 10.6 Å². The van der Waals surface area contributed by atoms with Gasteiger partial charge in [-0.1, -0.05) is 42.5 Å². The van der Waals surface area contributed by atoms with Crippen LogP contribution in [0.25, 0.3) is 0 Å². The minimum Gasteiger partial charge on any atom is -0.461 e. The molecule has 23 heavy (non-hydrogen) atoms.